The average molecular weight is 364 g/mol. The van der Waals surface area contributed by atoms with E-state index in [1.165, 1.54) is 23.0 Å². The number of hydrogen-bond donors (Lipinski definition) is 2. The van der Waals surface area contributed by atoms with E-state index in [2.05, 4.69) is 15.6 Å². The van der Waals surface area contributed by atoms with Gasteiger partial charge in [-0.3, -0.25) is 9.59 Å². The van der Waals surface area contributed by atoms with E-state index in [0.717, 1.165) is 18.4 Å². The molecule has 0 aliphatic rings. The number of nitrogens with one attached hydrogen (secondary N) is 1. The highest BCUT2D eigenvalue weighted by atomic mass is 16.3. The molecule has 0 spiro atoms. The molecule has 0 unspecified atom stereocenters. The standard InChI is InChI=1S/C20H20N4O3/c1-2-3-12-24-20(27)17-7-5-4-6-16(17)18(23-24)19(26)22-21-13-14-8-10-15(25)11-9-14/h4-11,13,25H,2-3,12H2,1H3,(H,22,26)/b21-13+. The first-order valence-corrected chi connectivity index (χ1v) is 8.72. The first-order valence-electron chi connectivity index (χ1n) is 8.72. The molecule has 3 aromatic rings. The summed E-state index contributed by atoms with van der Waals surface area (Å²) < 4.78 is 1.34. The summed E-state index contributed by atoms with van der Waals surface area (Å²) in [5.74, 6) is -0.340. The van der Waals surface area contributed by atoms with Crippen LogP contribution in [0.3, 0.4) is 0 Å². The number of hydrogen-bond acceptors (Lipinski definition) is 5. The van der Waals surface area contributed by atoms with Gasteiger partial charge in [-0.15, -0.1) is 0 Å². The van der Waals surface area contributed by atoms with Crippen molar-refractivity contribution >= 4 is 22.9 Å². The van der Waals surface area contributed by atoms with E-state index in [1.807, 2.05) is 6.92 Å². The molecule has 0 bridgehead atoms. The highest BCUT2D eigenvalue weighted by molar-refractivity contribution is 6.04. The van der Waals surface area contributed by atoms with Crippen LogP contribution in [0.4, 0.5) is 0 Å². The predicted octanol–water partition coefficient (Wildman–Crippen LogP) is 2.67. The minimum absolute atomic E-state index is 0.154. The fraction of sp³-hybridized carbons (Fsp3) is 0.200. The largest absolute Gasteiger partial charge is 0.508 e. The molecule has 2 N–H and O–H groups in total. The molecule has 0 atom stereocenters. The number of rotatable bonds is 6. The lowest BCUT2D eigenvalue weighted by atomic mass is 10.1. The number of amides is 1. The first-order chi connectivity index (χ1) is 13.1. The van der Waals surface area contributed by atoms with Crippen molar-refractivity contribution < 1.29 is 9.90 Å². The van der Waals surface area contributed by atoms with Gasteiger partial charge in [-0.05, 0) is 42.3 Å². The van der Waals surface area contributed by atoms with E-state index in [-0.39, 0.29) is 17.0 Å². The van der Waals surface area contributed by atoms with Crippen LogP contribution in [0.1, 0.15) is 35.8 Å². The zero-order valence-electron chi connectivity index (χ0n) is 14.9. The van der Waals surface area contributed by atoms with Gasteiger partial charge in [0.2, 0.25) is 0 Å². The summed E-state index contributed by atoms with van der Waals surface area (Å²) in [6.07, 6.45) is 3.18. The lowest BCUT2D eigenvalue weighted by molar-refractivity contribution is 0.0949. The maximum atomic E-state index is 12.6. The third-order valence-corrected chi connectivity index (χ3v) is 4.08. The molecule has 0 fully saturated rings. The van der Waals surface area contributed by atoms with E-state index >= 15 is 0 Å². The van der Waals surface area contributed by atoms with Crippen LogP contribution in [-0.2, 0) is 6.54 Å². The Kier molecular flexibility index (Phi) is 5.61. The highest BCUT2D eigenvalue weighted by Gasteiger charge is 2.16. The number of carbonyl (C=O) groups excluding carboxylic acids is 1. The average Bonchev–Trinajstić information content (AvgIpc) is 2.69. The zero-order valence-corrected chi connectivity index (χ0v) is 14.9. The second-order valence-electron chi connectivity index (χ2n) is 6.07. The monoisotopic (exact) mass is 364 g/mol. The van der Waals surface area contributed by atoms with Gasteiger partial charge in [0.15, 0.2) is 5.69 Å². The van der Waals surface area contributed by atoms with E-state index in [4.69, 9.17) is 0 Å². The molecule has 0 saturated carbocycles. The van der Waals surface area contributed by atoms with Crippen molar-refractivity contribution in [3.05, 3.63) is 70.1 Å². The number of aromatic nitrogens is 2. The van der Waals surface area contributed by atoms with Crippen LogP contribution in [0.2, 0.25) is 0 Å². The topological polar surface area (TPSA) is 96.6 Å². The molecule has 27 heavy (non-hydrogen) atoms. The van der Waals surface area contributed by atoms with Crippen LogP contribution >= 0.6 is 0 Å². The van der Waals surface area contributed by atoms with Crippen LogP contribution in [0.5, 0.6) is 5.75 Å². The first kappa shape index (κ1) is 18.3. The Morgan fingerprint density at radius 3 is 2.59 bits per heavy atom. The summed E-state index contributed by atoms with van der Waals surface area (Å²) >= 11 is 0. The van der Waals surface area contributed by atoms with E-state index in [1.54, 1.807) is 36.4 Å². The van der Waals surface area contributed by atoms with Gasteiger partial charge in [-0.1, -0.05) is 31.5 Å². The molecule has 7 heteroatoms. The number of hydrazone groups is 1. The van der Waals surface area contributed by atoms with Crippen LogP contribution in [-0.4, -0.2) is 27.0 Å². The van der Waals surface area contributed by atoms with Gasteiger partial charge in [-0.25, -0.2) is 10.1 Å². The van der Waals surface area contributed by atoms with Crippen LogP contribution in [0.15, 0.2) is 58.4 Å². The Balaban J connectivity index is 1.90. The van der Waals surface area contributed by atoms with Crippen LogP contribution in [0.25, 0.3) is 10.8 Å². The summed E-state index contributed by atoms with van der Waals surface area (Å²) in [6, 6.07) is 13.3. The van der Waals surface area contributed by atoms with E-state index in [0.29, 0.717) is 17.3 Å². The van der Waals surface area contributed by atoms with Gasteiger partial charge in [0, 0.05) is 11.9 Å². The fourth-order valence-electron chi connectivity index (χ4n) is 2.64. The Labute approximate surface area is 156 Å². The molecule has 0 aliphatic heterocycles. The maximum absolute atomic E-state index is 12.6. The number of aromatic hydroxyl groups is 1. The minimum Gasteiger partial charge on any atom is -0.508 e. The zero-order chi connectivity index (χ0) is 19.2. The summed E-state index contributed by atoms with van der Waals surface area (Å²) in [5.41, 5.74) is 3.12. The van der Waals surface area contributed by atoms with Crippen molar-refractivity contribution in [2.75, 3.05) is 0 Å². The molecular weight excluding hydrogens is 344 g/mol. The highest BCUT2D eigenvalue weighted by Crippen LogP contribution is 2.13. The number of aryl methyl sites for hydroxylation is 1. The number of unbranched alkanes of at least 4 members (excludes halogenated alkanes) is 1. The van der Waals surface area contributed by atoms with Crippen molar-refractivity contribution in [1.29, 1.82) is 0 Å². The smallest absolute Gasteiger partial charge is 0.292 e. The normalized spacial score (nSPS) is 11.1. The van der Waals surface area contributed by atoms with Gasteiger partial charge >= 0.3 is 0 Å². The predicted molar refractivity (Wildman–Crippen MR) is 104 cm³/mol. The molecule has 1 heterocycles. The summed E-state index contributed by atoms with van der Waals surface area (Å²) in [7, 11) is 0. The van der Waals surface area contributed by atoms with Crippen molar-refractivity contribution in [3.8, 4) is 5.75 Å². The Hall–Kier alpha value is -3.48. The Morgan fingerprint density at radius 1 is 1.19 bits per heavy atom. The molecule has 1 amide bonds. The summed E-state index contributed by atoms with van der Waals surface area (Å²) in [4.78, 5) is 25.2. The molecule has 2 aromatic carbocycles. The molecule has 1 aromatic heterocycles. The Bertz CT molecular complexity index is 1040. The van der Waals surface area contributed by atoms with Crippen molar-refractivity contribution in [2.45, 2.75) is 26.3 Å². The van der Waals surface area contributed by atoms with Gasteiger partial charge in [0.1, 0.15) is 5.75 Å². The second-order valence-corrected chi connectivity index (χ2v) is 6.07. The molecule has 0 radical (unpaired) electrons. The molecule has 7 nitrogen and oxygen atoms in total. The maximum Gasteiger partial charge on any atom is 0.292 e. The molecule has 3 rings (SSSR count). The van der Waals surface area contributed by atoms with Gasteiger partial charge < -0.3 is 5.11 Å². The van der Waals surface area contributed by atoms with Gasteiger partial charge in [0.05, 0.1) is 11.6 Å². The minimum atomic E-state index is -0.494. The SMILES string of the molecule is CCCCn1nc(C(=O)N/N=C/c2ccc(O)cc2)c2ccccc2c1=O. The van der Waals surface area contributed by atoms with Crippen LogP contribution in [0, 0.1) is 0 Å². The quantitative estimate of drug-likeness (QED) is 0.519. The number of phenols is 1. The lowest BCUT2D eigenvalue weighted by Crippen LogP contribution is -2.29. The number of phenolic OH excluding ortho intramolecular Hbond substituents is 1. The van der Waals surface area contributed by atoms with Crippen molar-refractivity contribution in [2.24, 2.45) is 5.10 Å². The third-order valence-electron chi connectivity index (χ3n) is 4.08. The summed E-state index contributed by atoms with van der Waals surface area (Å²) in [5, 5.41) is 18.4. The van der Waals surface area contributed by atoms with Crippen molar-refractivity contribution in [1.82, 2.24) is 15.2 Å². The fourth-order valence-corrected chi connectivity index (χ4v) is 2.64. The van der Waals surface area contributed by atoms with E-state index < -0.39 is 5.91 Å². The van der Waals surface area contributed by atoms with Gasteiger partial charge in [0.25, 0.3) is 11.5 Å². The number of benzene rings is 2. The van der Waals surface area contributed by atoms with E-state index in [9.17, 15) is 14.7 Å². The van der Waals surface area contributed by atoms with Crippen LogP contribution < -0.4 is 11.0 Å². The third kappa shape index (κ3) is 4.20. The molecular formula is C20H20N4O3. The number of carbonyl (C=O) groups is 1. The molecule has 0 aliphatic carbocycles. The van der Waals surface area contributed by atoms with Crippen molar-refractivity contribution in [3.63, 3.8) is 0 Å². The lowest BCUT2D eigenvalue weighted by Gasteiger charge is -2.09. The second kappa shape index (κ2) is 8.27. The van der Waals surface area contributed by atoms with Gasteiger partial charge in [-0.2, -0.15) is 10.2 Å². The summed E-state index contributed by atoms with van der Waals surface area (Å²) in [6.45, 7) is 2.48. The Morgan fingerprint density at radius 2 is 1.89 bits per heavy atom. The molecule has 0 saturated heterocycles. The number of fused-ring (bicyclic) bond motifs is 1. The molecule has 138 valence electrons. The number of nitrogens with zero attached hydrogens (tertiary/aromatic N) is 3.